The fourth-order valence-electron chi connectivity index (χ4n) is 3.17. The molecule has 0 aromatic carbocycles. The maximum absolute atomic E-state index is 12.4. The number of hydrogen-bond donors (Lipinski definition) is 2. The Kier molecular flexibility index (Phi) is 3.26. The summed E-state index contributed by atoms with van der Waals surface area (Å²) >= 11 is 0. The minimum Gasteiger partial charge on any atom is -0.340 e. The van der Waals surface area contributed by atoms with Crippen molar-refractivity contribution in [3.8, 4) is 0 Å². The molecular formula is C13H20N4O2. The molecular weight excluding hydrogens is 244 g/mol. The summed E-state index contributed by atoms with van der Waals surface area (Å²) < 4.78 is 0. The minimum absolute atomic E-state index is 0.138. The van der Waals surface area contributed by atoms with Gasteiger partial charge < -0.3 is 10.2 Å². The van der Waals surface area contributed by atoms with E-state index < -0.39 is 5.41 Å². The fourth-order valence-corrected chi connectivity index (χ4v) is 3.17. The average Bonchev–Trinajstić information content (AvgIpc) is 2.46. The number of nitrogens with zero attached hydrogens (tertiary/aromatic N) is 2. The van der Waals surface area contributed by atoms with Gasteiger partial charge in [-0.2, -0.15) is 4.99 Å². The van der Waals surface area contributed by atoms with E-state index in [-0.39, 0.29) is 11.8 Å². The summed E-state index contributed by atoms with van der Waals surface area (Å²) in [5.41, 5.74) is -0.865. The van der Waals surface area contributed by atoms with Gasteiger partial charge in [0.25, 0.3) is 5.91 Å². The molecule has 6 heteroatoms. The first kappa shape index (κ1) is 12.6. The zero-order chi connectivity index (χ0) is 13.3. The summed E-state index contributed by atoms with van der Waals surface area (Å²) in [4.78, 5) is 30.9. The van der Waals surface area contributed by atoms with Gasteiger partial charge in [0.15, 0.2) is 0 Å². The van der Waals surface area contributed by atoms with E-state index in [1.54, 1.807) is 0 Å². The summed E-state index contributed by atoms with van der Waals surface area (Å²) in [6.45, 7) is 3.27. The molecule has 2 fully saturated rings. The van der Waals surface area contributed by atoms with E-state index in [4.69, 9.17) is 0 Å². The molecule has 0 aromatic rings. The quantitative estimate of drug-likeness (QED) is 0.597. The van der Waals surface area contributed by atoms with Crippen LogP contribution in [0, 0.1) is 5.41 Å². The number of rotatable bonds is 0. The largest absolute Gasteiger partial charge is 0.340 e. The number of nitrogens with one attached hydrogen (secondary N) is 2. The Balaban J connectivity index is 1.81. The standard InChI is InChI=1S/C13H20N4O2/c18-10-13(4-2-1-3-5-13)11(19)16-12(15-10)17-8-6-14-7-9-17/h14H,1-9H2,(H,15,16,18,19). The molecule has 2 N–H and O–H groups in total. The molecule has 2 aliphatic heterocycles. The number of amides is 2. The van der Waals surface area contributed by atoms with Gasteiger partial charge in [0, 0.05) is 26.2 Å². The summed E-state index contributed by atoms with van der Waals surface area (Å²) in [7, 11) is 0. The Hall–Kier alpha value is -1.43. The third-order valence-electron chi connectivity index (χ3n) is 4.40. The van der Waals surface area contributed by atoms with Crippen LogP contribution in [0.1, 0.15) is 32.1 Å². The van der Waals surface area contributed by atoms with E-state index in [2.05, 4.69) is 15.6 Å². The summed E-state index contributed by atoms with van der Waals surface area (Å²) in [5.74, 6) is 0.0814. The van der Waals surface area contributed by atoms with Crippen LogP contribution < -0.4 is 10.6 Å². The smallest absolute Gasteiger partial charge is 0.264 e. The minimum atomic E-state index is -0.865. The van der Waals surface area contributed by atoms with Crippen LogP contribution in [0.2, 0.25) is 0 Å². The summed E-state index contributed by atoms with van der Waals surface area (Å²) in [6, 6.07) is 0. The predicted molar refractivity (Wildman–Crippen MR) is 70.5 cm³/mol. The molecule has 0 atom stereocenters. The Labute approximate surface area is 112 Å². The Bertz CT molecular complexity index is 420. The van der Waals surface area contributed by atoms with Crippen LogP contribution in [0.15, 0.2) is 4.99 Å². The van der Waals surface area contributed by atoms with Crippen LogP contribution in [-0.4, -0.2) is 48.9 Å². The van der Waals surface area contributed by atoms with E-state index >= 15 is 0 Å². The lowest BCUT2D eigenvalue weighted by Gasteiger charge is -2.38. The van der Waals surface area contributed by atoms with Crippen molar-refractivity contribution in [3.05, 3.63) is 0 Å². The van der Waals surface area contributed by atoms with Gasteiger partial charge in [0.05, 0.1) is 0 Å². The van der Waals surface area contributed by atoms with Crippen molar-refractivity contribution < 1.29 is 9.59 Å². The number of hydrogen-bond acceptors (Lipinski definition) is 4. The topological polar surface area (TPSA) is 73.8 Å². The van der Waals surface area contributed by atoms with Crippen molar-refractivity contribution in [1.29, 1.82) is 0 Å². The number of aliphatic imine (C=N–C) groups is 1. The van der Waals surface area contributed by atoms with Crippen LogP contribution >= 0.6 is 0 Å². The molecule has 2 amide bonds. The van der Waals surface area contributed by atoms with Gasteiger partial charge in [-0.05, 0) is 12.8 Å². The van der Waals surface area contributed by atoms with Gasteiger partial charge >= 0.3 is 0 Å². The molecule has 0 aromatic heterocycles. The zero-order valence-electron chi connectivity index (χ0n) is 11.1. The predicted octanol–water partition coefficient (Wildman–Crippen LogP) is -0.145. The maximum atomic E-state index is 12.4. The SMILES string of the molecule is O=C1N=C(N2CCNCC2)NC(=O)C12CCCCC2. The van der Waals surface area contributed by atoms with E-state index in [0.717, 1.165) is 45.4 Å². The summed E-state index contributed by atoms with van der Waals surface area (Å²) in [6.07, 6.45) is 4.29. The van der Waals surface area contributed by atoms with Crippen molar-refractivity contribution in [3.63, 3.8) is 0 Å². The van der Waals surface area contributed by atoms with Gasteiger partial charge in [0.2, 0.25) is 11.9 Å². The second kappa shape index (κ2) is 4.92. The molecule has 3 aliphatic rings. The van der Waals surface area contributed by atoms with Crippen molar-refractivity contribution in [2.45, 2.75) is 32.1 Å². The zero-order valence-corrected chi connectivity index (χ0v) is 11.1. The maximum Gasteiger partial charge on any atom is 0.264 e. The van der Waals surface area contributed by atoms with Crippen LogP contribution in [0.25, 0.3) is 0 Å². The van der Waals surface area contributed by atoms with Crippen molar-refractivity contribution in [1.82, 2.24) is 15.5 Å². The van der Waals surface area contributed by atoms with E-state index in [0.29, 0.717) is 18.8 Å². The van der Waals surface area contributed by atoms with Crippen LogP contribution in [0.3, 0.4) is 0 Å². The Morgan fingerprint density at radius 2 is 1.74 bits per heavy atom. The van der Waals surface area contributed by atoms with Crippen LogP contribution in [0.5, 0.6) is 0 Å². The van der Waals surface area contributed by atoms with Crippen molar-refractivity contribution in [2.75, 3.05) is 26.2 Å². The summed E-state index contributed by atoms with van der Waals surface area (Å²) in [5, 5.41) is 6.10. The first-order valence-electron chi connectivity index (χ1n) is 7.13. The van der Waals surface area contributed by atoms with Crippen LogP contribution in [-0.2, 0) is 9.59 Å². The molecule has 104 valence electrons. The van der Waals surface area contributed by atoms with E-state index in [1.807, 2.05) is 4.90 Å². The van der Waals surface area contributed by atoms with E-state index in [1.165, 1.54) is 0 Å². The van der Waals surface area contributed by atoms with Crippen molar-refractivity contribution in [2.24, 2.45) is 10.4 Å². The Morgan fingerprint density at radius 1 is 1.05 bits per heavy atom. The molecule has 3 rings (SSSR count). The van der Waals surface area contributed by atoms with Gasteiger partial charge in [-0.25, -0.2) is 0 Å². The molecule has 19 heavy (non-hydrogen) atoms. The van der Waals surface area contributed by atoms with Gasteiger partial charge in [-0.3, -0.25) is 14.9 Å². The molecule has 1 spiro atoms. The third kappa shape index (κ3) is 2.14. The second-order valence-corrected chi connectivity index (χ2v) is 5.57. The lowest BCUT2D eigenvalue weighted by molar-refractivity contribution is -0.144. The number of carbonyl (C=O) groups excluding carboxylic acids is 2. The average molecular weight is 264 g/mol. The van der Waals surface area contributed by atoms with Gasteiger partial charge in [-0.15, -0.1) is 0 Å². The molecule has 1 saturated carbocycles. The molecule has 0 bridgehead atoms. The molecule has 6 nitrogen and oxygen atoms in total. The monoisotopic (exact) mass is 264 g/mol. The normalized spacial score (nSPS) is 27.2. The molecule has 2 heterocycles. The number of guanidine groups is 1. The lowest BCUT2D eigenvalue weighted by Crippen LogP contribution is -2.60. The van der Waals surface area contributed by atoms with E-state index in [9.17, 15) is 9.59 Å². The number of piperazine rings is 1. The third-order valence-corrected chi connectivity index (χ3v) is 4.40. The fraction of sp³-hybridized carbons (Fsp3) is 0.769. The molecule has 0 unspecified atom stereocenters. The lowest BCUT2D eigenvalue weighted by atomic mass is 9.72. The molecule has 0 radical (unpaired) electrons. The highest BCUT2D eigenvalue weighted by molar-refractivity contribution is 6.18. The molecule has 1 aliphatic carbocycles. The molecule has 1 saturated heterocycles. The highest BCUT2D eigenvalue weighted by Crippen LogP contribution is 2.39. The Morgan fingerprint density at radius 3 is 2.37 bits per heavy atom. The highest BCUT2D eigenvalue weighted by atomic mass is 16.2. The van der Waals surface area contributed by atoms with Gasteiger partial charge in [-0.1, -0.05) is 19.3 Å². The van der Waals surface area contributed by atoms with Crippen LogP contribution in [0.4, 0.5) is 0 Å². The van der Waals surface area contributed by atoms with Gasteiger partial charge in [0.1, 0.15) is 5.41 Å². The highest BCUT2D eigenvalue weighted by Gasteiger charge is 2.49. The van der Waals surface area contributed by atoms with Crippen molar-refractivity contribution >= 4 is 17.8 Å². The first-order chi connectivity index (χ1) is 9.22. The first-order valence-corrected chi connectivity index (χ1v) is 7.13. The number of carbonyl (C=O) groups is 2. The second-order valence-electron chi connectivity index (χ2n) is 5.57.